The van der Waals surface area contributed by atoms with Crippen molar-refractivity contribution in [3.63, 3.8) is 0 Å². The molecule has 1 aromatic carbocycles. The SMILES string of the molecule is NC(=O)COC(=O)CC1CCN(c2ccc(-c3ccc(F)cc3)cn2)CC1. The van der Waals surface area contributed by atoms with Crippen LogP contribution in [0.4, 0.5) is 10.2 Å². The number of hydrogen-bond donors (Lipinski definition) is 1. The van der Waals surface area contributed by atoms with Crippen LogP contribution in [-0.2, 0) is 14.3 Å². The van der Waals surface area contributed by atoms with Crippen LogP contribution in [0.3, 0.4) is 0 Å². The van der Waals surface area contributed by atoms with Gasteiger partial charge >= 0.3 is 5.97 Å². The Morgan fingerprint density at radius 1 is 1.11 bits per heavy atom. The van der Waals surface area contributed by atoms with Crippen molar-refractivity contribution in [2.24, 2.45) is 11.7 Å². The lowest BCUT2D eigenvalue weighted by Crippen LogP contribution is -2.35. The number of halogens is 1. The second kappa shape index (κ2) is 8.62. The second-order valence-electron chi connectivity index (χ2n) is 6.67. The zero-order chi connectivity index (χ0) is 19.2. The molecule has 142 valence electrons. The lowest BCUT2D eigenvalue weighted by Gasteiger charge is -2.32. The molecule has 3 rings (SSSR count). The number of aromatic nitrogens is 1. The zero-order valence-electron chi connectivity index (χ0n) is 14.9. The number of piperidine rings is 1. The van der Waals surface area contributed by atoms with Gasteiger partial charge in [-0.15, -0.1) is 0 Å². The fourth-order valence-corrected chi connectivity index (χ4v) is 3.20. The predicted octanol–water partition coefficient (Wildman–Crippen LogP) is 2.52. The van der Waals surface area contributed by atoms with E-state index in [0.29, 0.717) is 6.42 Å². The van der Waals surface area contributed by atoms with Gasteiger partial charge in [0.25, 0.3) is 5.91 Å². The fourth-order valence-electron chi connectivity index (χ4n) is 3.20. The number of amides is 1. The van der Waals surface area contributed by atoms with E-state index in [1.807, 2.05) is 12.1 Å². The number of rotatable bonds is 6. The summed E-state index contributed by atoms with van der Waals surface area (Å²) < 4.78 is 17.8. The van der Waals surface area contributed by atoms with Crippen molar-refractivity contribution in [3.05, 3.63) is 48.4 Å². The van der Waals surface area contributed by atoms with Crippen LogP contribution in [-0.4, -0.2) is 36.6 Å². The third-order valence-corrected chi connectivity index (χ3v) is 4.69. The summed E-state index contributed by atoms with van der Waals surface area (Å²) in [5.74, 6) is -0.164. The Labute approximate surface area is 157 Å². The largest absolute Gasteiger partial charge is 0.456 e. The molecule has 0 spiro atoms. The smallest absolute Gasteiger partial charge is 0.306 e. The highest BCUT2D eigenvalue weighted by Gasteiger charge is 2.23. The number of ether oxygens (including phenoxy) is 1. The summed E-state index contributed by atoms with van der Waals surface area (Å²) in [5, 5.41) is 0. The number of benzene rings is 1. The average Bonchev–Trinajstić information content (AvgIpc) is 2.68. The molecule has 1 saturated heterocycles. The molecule has 2 aromatic rings. The number of primary amides is 1. The van der Waals surface area contributed by atoms with Crippen LogP contribution in [0.25, 0.3) is 11.1 Å². The van der Waals surface area contributed by atoms with Crippen molar-refractivity contribution in [1.82, 2.24) is 4.98 Å². The second-order valence-corrected chi connectivity index (χ2v) is 6.67. The number of carbonyl (C=O) groups is 2. The standard InChI is InChI=1S/C20H22FN3O3/c21-17-4-1-15(2-5-17)16-3-6-19(23-12-16)24-9-7-14(8-10-24)11-20(26)27-13-18(22)25/h1-6,12,14H,7-11,13H2,(H2,22,25). The summed E-state index contributed by atoms with van der Waals surface area (Å²) in [6, 6.07) is 10.3. The van der Waals surface area contributed by atoms with Crippen LogP contribution in [0.5, 0.6) is 0 Å². The average molecular weight is 371 g/mol. The third-order valence-electron chi connectivity index (χ3n) is 4.69. The molecule has 2 N–H and O–H groups in total. The van der Waals surface area contributed by atoms with Crippen LogP contribution >= 0.6 is 0 Å². The molecule has 1 aromatic heterocycles. The highest BCUT2D eigenvalue weighted by molar-refractivity contribution is 5.79. The van der Waals surface area contributed by atoms with Crippen molar-refractivity contribution in [2.75, 3.05) is 24.6 Å². The van der Waals surface area contributed by atoms with Gasteiger partial charge in [-0.2, -0.15) is 0 Å². The monoisotopic (exact) mass is 371 g/mol. The van der Waals surface area contributed by atoms with E-state index in [2.05, 4.69) is 9.88 Å². The molecule has 7 heteroatoms. The van der Waals surface area contributed by atoms with Gasteiger partial charge in [-0.05, 0) is 48.6 Å². The Bertz CT molecular complexity index is 785. The van der Waals surface area contributed by atoms with Crippen molar-refractivity contribution < 1.29 is 18.7 Å². The quantitative estimate of drug-likeness (QED) is 0.789. The Balaban J connectivity index is 1.51. The molecule has 1 amide bonds. The molecule has 1 aliphatic heterocycles. The Hall–Kier alpha value is -2.96. The Kier molecular flexibility index (Phi) is 6.01. The summed E-state index contributed by atoms with van der Waals surface area (Å²) in [7, 11) is 0. The van der Waals surface area contributed by atoms with Gasteiger partial charge in [0.1, 0.15) is 11.6 Å². The van der Waals surface area contributed by atoms with Gasteiger partial charge < -0.3 is 15.4 Å². The zero-order valence-corrected chi connectivity index (χ0v) is 14.9. The minimum Gasteiger partial charge on any atom is -0.456 e. The topological polar surface area (TPSA) is 85.5 Å². The molecule has 6 nitrogen and oxygen atoms in total. The summed E-state index contributed by atoms with van der Waals surface area (Å²) in [4.78, 5) is 29.0. The van der Waals surface area contributed by atoms with E-state index in [1.54, 1.807) is 18.3 Å². The molecule has 27 heavy (non-hydrogen) atoms. The maximum Gasteiger partial charge on any atom is 0.306 e. The van der Waals surface area contributed by atoms with E-state index in [-0.39, 0.29) is 24.3 Å². The van der Waals surface area contributed by atoms with E-state index < -0.39 is 5.91 Å². The van der Waals surface area contributed by atoms with E-state index in [1.165, 1.54) is 12.1 Å². The first-order chi connectivity index (χ1) is 13.0. The van der Waals surface area contributed by atoms with Crippen LogP contribution in [0.1, 0.15) is 19.3 Å². The summed E-state index contributed by atoms with van der Waals surface area (Å²) in [5.41, 5.74) is 6.82. The molecule has 0 bridgehead atoms. The molecule has 0 aliphatic carbocycles. The lowest BCUT2D eigenvalue weighted by atomic mass is 9.93. The highest BCUT2D eigenvalue weighted by Crippen LogP contribution is 2.26. The maximum absolute atomic E-state index is 13.0. The van der Waals surface area contributed by atoms with Crippen LogP contribution in [0, 0.1) is 11.7 Å². The Morgan fingerprint density at radius 2 is 1.78 bits per heavy atom. The number of pyridine rings is 1. The number of hydrogen-bond acceptors (Lipinski definition) is 5. The predicted molar refractivity (Wildman–Crippen MR) is 99.3 cm³/mol. The van der Waals surface area contributed by atoms with E-state index in [4.69, 9.17) is 10.5 Å². The first-order valence-electron chi connectivity index (χ1n) is 8.92. The highest BCUT2D eigenvalue weighted by atomic mass is 19.1. The van der Waals surface area contributed by atoms with Crippen LogP contribution in [0.15, 0.2) is 42.6 Å². The molecular formula is C20H22FN3O3. The summed E-state index contributed by atoms with van der Waals surface area (Å²) >= 11 is 0. The molecule has 1 aliphatic rings. The van der Waals surface area contributed by atoms with Gasteiger partial charge in [-0.1, -0.05) is 12.1 Å². The molecule has 0 radical (unpaired) electrons. The number of esters is 1. The van der Waals surface area contributed by atoms with Crippen molar-refractivity contribution in [2.45, 2.75) is 19.3 Å². The molecular weight excluding hydrogens is 349 g/mol. The normalized spacial score (nSPS) is 14.8. The molecule has 1 fully saturated rings. The molecule has 0 saturated carbocycles. The van der Waals surface area contributed by atoms with Crippen LogP contribution in [0.2, 0.25) is 0 Å². The van der Waals surface area contributed by atoms with Crippen molar-refractivity contribution in [1.29, 1.82) is 0 Å². The summed E-state index contributed by atoms with van der Waals surface area (Å²) in [6.07, 6.45) is 3.80. The van der Waals surface area contributed by atoms with E-state index in [9.17, 15) is 14.0 Å². The van der Waals surface area contributed by atoms with Gasteiger partial charge in [0, 0.05) is 31.3 Å². The first-order valence-corrected chi connectivity index (χ1v) is 8.92. The van der Waals surface area contributed by atoms with Crippen molar-refractivity contribution >= 4 is 17.7 Å². The van der Waals surface area contributed by atoms with Gasteiger partial charge in [0.2, 0.25) is 0 Å². The number of nitrogens with two attached hydrogens (primary N) is 1. The molecule has 0 unspecified atom stereocenters. The fraction of sp³-hybridized carbons (Fsp3) is 0.350. The maximum atomic E-state index is 13.0. The minimum atomic E-state index is -0.645. The van der Waals surface area contributed by atoms with Gasteiger partial charge in [0.05, 0.1) is 0 Å². The van der Waals surface area contributed by atoms with Gasteiger partial charge in [0.15, 0.2) is 6.61 Å². The van der Waals surface area contributed by atoms with E-state index in [0.717, 1.165) is 42.9 Å². The lowest BCUT2D eigenvalue weighted by molar-refractivity contribution is -0.148. The molecule has 0 atom stereocenters. The number of carbonyl (C=O) groups excluding carboxylic acids is 2. The number of nitrogens with zero attached hydrogens (tertiary/aromatic N) is 2. The van der Waals surface area contributed by atoms with Gasteiger partial charge in [-0.3, -0.25) is 9.59 Å². The minimum absolute atomic E-state index is 0.236. The third kappa shape index (κ3) is 5.26. The van der Waals surface area contributed by atoms with E-state index >= 15 is 0 Å². The summed E-state index contributed by atoms with van der Waals surface area (Å²) in [6.45, 7) is 1.25. The van der Waals surface area contributed by atoms with Gasteiger partial charge in [-0.25, -0.2) is 9.37 Å². The Morgan fingerprint density at radius 3 is 2.37 bits per heavy atom. The van der Waals surface area contributed by atoms with Crippen LogP contribution < -0.4 is 10.6 Å². The number of anilines is 1. The van der Waals surface area contributed by atoms with Crippen molar-refractivity contribution in [3.8, 4) is 11.1 Å². The first kappa shape index (κ1) is 18.8. The molecule has 2 heterocycles.